The minimum Gasteiger partial charge on any atom is -0.267 e. The summed E-state index contributed by atoms with van der Waals surface area (Å²) in [6.07, 6.45) is -0.285. The van der Waals surface area contributed by atoms with E-state index in [1.807, 2.05) is 6.92 Å². The highest BCUT2D eigenvalue weighted by atomic mass is 32.2. The molecule has 0 radical (unpaired) electrons. The van der Waals surface area contributed by atoms with E-state index < -0.39 is 32.4 Å². The number of rotatable bonds is 7. The SMILES string of the molecule is Cc1ccc(S(=O)(=O)OC(C)CC(C)OS(C)(=O)=O)cc1. The van der Waals surface area contributed by atoms with Crippen molar-refractivity contribution < 1.29 is 25.2 Å². The molecule has 0 fully saturated rings. The van der Waals surface area contributed by atoms with Gasteiger partial charge in [0.15, 0.2) is 0 Å². The second-order valence-electron chi connectivity index (χ2n) is 5.02. The van der Waals surface area contributed by atoms with Crippen LogP contribution in [0.5, 0.6) is 0 Å². The molecule has 0 saturated carbocycles. The van der Waals surface area contributed by atoms with Crippen LogP contribution in [-0.4, -0.2) is 35.3 Å². The molecule has 0 aliphatic rings. The molecule has 1 aromatic carbocycles. The maximum absolute atomic E-state index is 12.0. The molecule has 21 heavy (non-hydrogen) atoms. The molecule has 0 bridgehead atoms. The van der Waals surface area contributed by atoms with E-state index in [4.69, 9.17) is 8.37 Å². The summed E-state index contributed by atoms with van der Waals surface area (Å²) >= 11 is 0. The summed E-state index contributed by atoms with van der Waals surface area (Å²) in [6, 6.07) is 6.29. The fourth-order valence-corrected chi connectivity index (χ4v) is 3.59. The zero-order valence-electron chi connectivity index (χ0n) is 12.4. The summed E-state index contributed by atoms with van der Waals surface area (Å²) in [5, 5.41) is 0. The standard InChI is InChI=1S/C13H20O6S2/c1-10-5-7-13(8-6-10)21(16,17)19-12(3)9-11(2)18-20(4,14)15/h5-8,11-12H,9H2,1-4H3. The zero-order chi connectivity index (χ0) is 16.3. The predicted molar refractivity (Wildman–Crippen MR) is 78.9 cm³/mol. The molecule has 1 rings (SSSR count). The molecule has 2 unspecified atom stereocenters. The van der Waals surface area contributed by atoms with Crippen LogP contribution >= 0.6 is 0 Å². The number of benzene rings is 1. The van der Waals surface area contributed by atoms with Gasteiger partial charge in [-0.1, -0.05) is 17.7 Å². The minimum absolute atomic E-state index is 0.0663. The fourth-order valence-electron chi connectivity index (χ4n) is 1.82. The fraction of sp³-hybridized carbons (Fsp3) is 0.538. The van der Waals surface area contributed by atoms with E-state index in [-0.39, 0.29) is 11.3 Å². The van der Waals surface area contributed by atoms with Gasteiger partial charge in [-0.05, 0) is 32.9 Å². The van der Waals surface area contributed by atoms with Crippen molar-refractivity contribution in [1.29, 1.82) is 0 Å². The van der Waals surface area contributed by atoms with Gasteiger partial charge in [0, 0.05) is 6.42 Å². The van der Waals surface area contributed by atoms with Crippen LogP contribution in [0.3, 0.4) is 0 Å². The quantitative estimate of drug-likeness (QED) is 0.706. The first kappa shape index (κ1) is 18.1. The lowest BCUT2D eigenvalue weighted by atomic mass is 10.2. The van der Waals surface area contributed by atoms with Crippen LogP contribution in [0.15, 0.2) is 29.2 Å². The van der Waals surface area contributed by atoms with Crippen LogP contribution in [0, 0.1) is 6.92 Å². The third kappa shape index (κ3) is 6.56. The van der Waals surface area contributed by atoms with E-state index in [0.717, 1.165) is 11.8 Å². The molecule has 0 aliphatic carbocycles. The van der Waals surface area contributed by atoms with Crippen molar-refractivity contribution >= 4 is 20.2 Å². The third-order valence-corrected chi connectivity index (χ3v) is 4.71. The Labute approximate surface area is 126 Å². The highest BCUT2D eigenvalue weighted by Gasteiger charge is 2.22. The van der Waals surface area contributed by atoms with Gasteiger partial charge >= 0.3 is 0 Å². The molecule has 0 aliphatic heterocycles. The molecule has 0 N–H and O–H groups in total. The predicted octanol–water partition coefficient (Wildman–Crippen LogP) is 1.84. The highest BCUT2D eigenvalue weighted by Crippen LogP contribution is 2.17. The number of hydrogen-bond donors (Lipinski definition) is 0. The monoisotopic (exact) mass is 336 g/mol. The maximum Gasteiger partial charge on any atom is 0.297 e. The molecule has 0 aromatic heterocycles. The molecule has 0 spiro atoms. The van der Waals surface area contributed by atoms with Crippen molar-refractivity contribution in [3.8, 4) is 0 Å². The van der Waals surface area contributed by atoms with E-state index in [1.165, 1.54) is 12.1 Å². The molecule has 2 atom stereocenters. The van der Waals surface area contributed by atoms with E-state index in [0.29, 0.717) is 0 Å². The summed E-state index contributed by atoms with van der Waals surface area (Å²) < 4.78 is 55.8. The van der Waals surface area contributed by atoms with Crippen LogP contribution in [0.4, 0.5) is 0 Å². The largest absolute Gasteiger partial charge is 0.297 e. The van der Waals surface area contributed by atoms with Crippen molar-refractivity contribution in [2.45, 2.75) is 44.3 Å². The van der Waals surface area contributed by atoms with Crippen molar-refractivity contribution in [3.63, 3.8) is 0 Å². The molecule has 120 valence electrons. The van der Waals surface area contributed by atoms with E-state index >= 15 is 0 Å². The van der Waals surface area contributed by atoms with Crippen LogP contribution in [0.2, 0.25) is 0 Å². The lowest BCUT2D eigenvalue weighted by Crippen LogP contribution is -2.23. The van der Waals surface area contributed by atoms with Crippen LogP contribution < -0.4 is 0 Å². The molecular weight excluding hydrogens is 316 g/mol. The van der Waals surface area contributed by atoms with Gasteiger partial charge < -0.3 is 0 Å². The Morgan fingerprint density at radius 3 is 1.90 bits per heavy atom. The van der Waals surface area contributed by atoms with Gasteiger partial charge in [-0.25, -0.2) is 0 Å². The smallest absolute Gasteiger partial charge is 0.267 e. The first-order chi connectivity index (χ1) is 9.49. The topological polar surface area (TPSA) is 86.7 Å². The van der Waals surface area contributed by atoms with Gasteiger partial charge in [0.1, 0.15) is 0 Å². The van der Waals surface area contributed by atoms with Gasteiger partial charge in [-0.2, -0.15) is 16.8 Å². The van der Waals surface area contributed by atoms with Gasteiger partial charge in [0.05, 0.1) is 23.4 Å². The van der Waals surface area contributed by atoms with Crippen LogP contribution in [0.25, 0.3) is 0 Å². The highest BCUT2D eigenvalue weighted by molar-refractivity contribution is 7.86. The van der Waals surface area contributed by atoms with Crippen molar-refractivity contribution in [2.24, 2.45) is 0 Å². The summed E-state index contributed by atoms with van der Waals surface area (Å²) in [5.74, 6) is 0. The maximum atomic E-state index is 12.0. The van der Waals surface area contributed by atoms with Crippen LogP contribution in [-0.2, 0) is 28.6 Å². The lowest BCUT2D eigenvalue weighted by molar-refractivity contribution is 0.141. The summed E-state index contributed by atoms with van der Waals surface area (Å²) in [7, 11) is -7.45. The number of aryl methyl sites for hydroxylation is 1. The molecule has 0 saturated heterocycles. The molecule has 8 heteroatoms. The molecule has 1 aromatic rings. The van der Waals surface area contributed by atoms with Crippen molar-refractivity contribution in [2.75, 3.05) is 6.26 Å². The van der Waals surface area contributed by atoms with Crippen molar-refractivity contribution in [1.82, 2.24) is 0 Å². The molecule has 6 nitrogen and oxygen atoms in total. The van der Waals surface area contributed by atoms with E-state index in [2.05, 4.69) is 0 Å². The summed E-state index contributed by atoms with van der Waals surface area (Å²) in [5.41, 5.74) is 0.942. The third-order valence-electron chi connectivity index (χ3n) is 2.60. The zero-order valence-corrected chi connectivity index (χ0v) is 14.1. The molecule has 0 heterocycles. The molecular formula is C13H20O6S2. The average molecular weight is 336 g/mol. The van der Waals surface area contributed by atoms with Gasteiger partial charge in [0.2, 0.25) is 0 Å². The Morgan fingerprint density at radius 1 is 0.952 bits per heavy atom. The number of hydrogen-bond acceptors (Lipinski definition) is 6. The Kier molecular flexibility index (Phi) is 5.92. The summed E-state index contributed by atoms with van der Waals surface area (Å²) in [6.45, 7) is 4.94. The molecule has 0 amide bonds. The van der Waals surface area contributed by atoms with E-state index in [9.17, 15) is 16.8 Å². The normalized spacial score (nSPS) is 15.6. The van der Waals surface area contributed by atoms with Gasteiger partial charge in [-0.3, -0.25) is 8.37 Å². The van der Waals surface area contributed by atoms with Crippen molar-refractivity contribution in [3.05, 3.63) is 29.8 Å². The first-order valence-corrected chi connectivity index (χ1v) is 9.60. The Morgan fingerprint density at radius 2 is 1.43 bits per heavy atom. The lowest BCUT2D eigenvalue weighted by Gasteiger charge is -2.17. The van der Waals surface area contributed by atoms with Gasteiger partial charge in [-0.15, -0.1) is 0 Å². The minimum atomic E-state index is -3.87. The van der Waals surface area contributed by atoms with Gasteiger partial charge in [0.25, 0.3) is 20.2 Å². The van der Waals surface area contributed by atoms with E-state index in [1.54, 1.807) is 26.0 Å². The summed E-state index contributed by atoms with van der Waals surface area (Å²) in [4.78, 5) is 0.0663. The first-order valence-electron chi connectivity index (χ1n) is 6.38. The second kappa shape index (κ2) is 6.87. The Hall–Kier alpha value is -0.960. The Bertz CT molecular complexity index is 661. The average Bonchev–Trinajstić information content (AvgIpc) is 2.25. The second-order valence-corrected chi connectivity index (χ2v) is 8.19. The Balaban J connectivity index is 2.69. The van der Waals surface area contributed by atoms with Crippen LogP contribution in [0.1, 0.15) is 25.8 Å².